The van der Waals surface area contributed by atoms with Gasteiger partial charge in [-0.15, -0.1) is 0 Å². The highest BCUT2D eigenvalue weighted by Gasteiger charge is 2.35. The molecule has 2 aromatic carbocycles. The van der Waals surface area contributed by atoms with Gasteiger partial charge in [0.25, 0.3) is 5.91 Å². The Morgan fingerprint density at radius 2 is 1.91 bits per heavy atom. The predicted molar refractivity (Wildman–Crippen MR) is 123 cm³/mol. The second-order valence-electron chi connectivity index (χ2n) is 7.83. The number of thiazole rings is 1. The summed E-state index contributed by atoms with van der Waals surface area (Å²) in [5.41, 5.74) is 0.480. The Morgan fingerprint density at radius 3 is 2.55 bits per heavy atom. The van der Waals surface area contributed by atoms with Gasteiger partial charge in [-0.25, -0.2) is 17.8 Å². The Kier molecular flexibility index (Phi) is 5.51. The van der Waals surface area contributed by atoms with E-state index in [1.165, 1.54) is 57.1 Å². The normalized spacial score (nSPS) is 14.2. The zero-order chi connectivity index (χ0) is 23.2. The Morgan fingerprint density at radius 1 is 1.15 bits per heavy atom. The summed E-state index contributed by atoms with van der Waals surface area (Å²) in [6.45, 7) is 0.0950. The van der Waals surface area contributed by atoms with E-state index in [1.54, 1.807) is 31.3 Å². The summed E-state index contributed by atoms with van der Waals surface area (Å²) in [5.74, 6) is -0.326. The minimum absolute atomic E-state index is 0.0412. The summed E-state index contributed by atoms with van der Waals surface area (Å²) in [5, 5.41) is 0.321. The zero-order valence-electron chi connectivity index (χ0n) is 17.6. The van der Waals surface area contributed by atoms with Crippen molar-refractivity contribution in [3.05, 3.63) is 78.0 Å². The van der Waals surface area contributed by atoms with Gasteiger partial charge in [-0.2, -0.15) is 4.31 Å². The number of carbonyl (C=O) groups is 1. The van der Waals surface area contributed by atoms with Gasteiger partial charge in [-0.05, 0) is 61.4 Å². The van der Waals surface area contributed by atoms with Crippen LogP contribution in [-0.4, -0.2) is 36.7 Å². The molecular formula is C23H20FN3O4S2. The van der Waals surface area contributed by atoms with Crippen LogP contribution in [0.4, 0.5) is 9.52 Å². The lowest BCUT2D eigenvalue weighted by atomic mass is 10.2. The van der Waals surface area contributed by atoms with E-state index >= 15 is 0 Å². The molecule has 0 saturated heterocycles. The van der Waals surface area contributed by atoms with Crippen molar-refractivity contribution in [3.63, 3.8) is 0 Å². The van der Waals surface area contributed by atoms with E-state index in [4.69, 9.17) is 4.42 Å². The van der Waals surface area contributed by atoms with Gasteiger partial charge in [-0.3, -0.25) is 9.69 Å². The first-order valence-corrected chi connectivity index (χ1v) is 12.6. The van der Waals surface area contributed by atoms with Gasteiger partial charge in [-0.1, -0.05) is 17.4 Å². The van der Waals surface area contributed by atoms with Crippen LogP contribution in [0.15, 0.2) is 70.2 Å². The van der Waals surface area contributed by atoms with Crippen LogP contribution in [0.25, 0.3) is 10.2 Å². The van der Waals surface area contributed by atoms with Gasteiger partial charge < -0.3 is 4.42 Å². The number of anilines is 1. The quantitative estimate of drug-likeness (QED) is 0.380. The van der Waals surface area contributed by atoms with E-state index in [9.17, 15) is 17.6 Å². The zero-order valence-corrected chi connectivity index (χ0v) is 19.3. The lowest BCUT2D eigenvalue weighted by Gasteiger charge is -2.19. The summed E-state index contributed by atoms with van der Waals surface area (Å²) in [4.78, 5) is 19.3. The Labute approximate surface area is 194 Å². The topological polar surface area (TPSA) is 83.7 Å². The number of carbonyl (C=O) groups excluding carboxylic acids is 1. The van der Waals surface area contributed by atoms with Crippen molar-refractivity contribution in [2.24, 2.45) is 0 Å². The SMILES string of the molecule is CN(C1CC1)S(=O)(=O)c1ccc(C(=O)N(Cc2ccco2)c2nc3c(F)cccc3s2)cc1. The molecule has 1 aliphatic rings. The molecule has 33 heavy (non-hydrogen) atoms. The molecule has 170 valence electrons. The highest BCUT2D eigenvalue weighted by molar-refractivity contribution is 7.89. The molecule has 1 amide bonds. The van der Waals surface area contributed by atoms with Gasteiger partial charge in [0.05, 0.1) is 22.4 Å². The fourth-order valence-corrected chi connectivity index (χ4v) is 5.92. The Hall–Kier alpha value is -3.08. The number of para-hydroxylation sites is 1. The molecule has 0 radical (unpaired) electrons. The van der Waals surface area contributed by atoms with Gasteiger partial charge >= 0.3 is 0 Å². The van der Waals surface area contributed by atoms with E-state index in [0.29, 0.717) is 15.6 Å². The molecular weight excluding hydrogens is 465 g/mol. The first-order chi connectivity index (χ1) is 15.8. The molecule has 0 unspecified atom stereocenters. The lowest BCUT2D eigenvalue weighted by molar-refractivity contribution is 0.0983. The van der Waals surface area contributed by atoms with Crippen molar-refractivity contribution < 1.29 is 22.0 Å². The number of hydrogen-bond acceptors (Lipinski definition) is 6. The van der Waals surface area contributed by atoms with Crippen LogP contribution in [0.2, 0.25) is 0 Å². The number of nitrogens with zero attached hydrogens (tertiary/aromatic N) is 3. The Balaban J connectivity index is 1.48. The highest BCUT2D eigenvalue weighted by Crippen LogP contribution is 2.33. The third-order valence-electron chi connectivity index (χ3n) is 5.57. The first-order valence-electron chi connectivity index (χ1n) is 10.3. The number of benzene rings is 2. The third-order valence-corrected chi connectivity index (χ3v) is 8.54. The molecule has 0 spiro atoms. The van der Waals surface area contributed by atoms with Crippen LogP contribution < -0.4 is 4.90 Å². The molecule has 7 nitrogen and oxygen atoms in total. The summed E-state index contributed by atoms with van der Waals surface area (Å²) < 4.78 is 47.1. The van der Waals surface area contributed by atoms with Crippen LogP contribution in [-0.2, 0) is 16.6 Å². The van der Waals surface area contributed by atoms with Crippen molar-refractivity contribution in [1.29, 1.82) is 0 Å². The van der Waals surface area contributed by atoms with Gasteiger partial charge in [0, 0.05) is 18.7 Å². The maximum Gasteiger partial charge on any atom is 0.260 e. The fourth-order valence-electron chi connectivity index (χ4n) is 3.53. The molecule has 1 saturated carbocycles. The van der Waals surface area contributed by atoms with E-state index in [0.717, 1.165) is 12.8 Å². The number of halogens is 1. The molecule has 0 N–H and O–H groups in total. The summed E-state index contributed by atoms with van der Waals surface area (Å²) >= 11 is 1.20. The molecule has 1 fully saturated rings. The average Bonchev–Trinajstić information content (AvgIpc) is 3.35. The fraction of sp³-hybridized carbons (Fsp3) is 0.217. The smallest absolute Gasteiger partial charge is 0.260 e. The number of rotatable bonds is 7. The predicted octanol–water partition coefficient (Wildman–Crippen LogP) is 4.66. The van der Waals surface area contributed by atoms with E-state index < -0.39 is 21.7 Å². The summed E-state index contributed by atoms with van der Waals surface area (Å²) in [7, 11) is -2.04. The van der Waals surface area contributed by atoms with Gasteiger partial charge in [0.15, 0.2) is 5.13 Å². The van der Waals surface area contributed by atoms with Crippen LogP contribution >= 0.6 is 11.3 Å². The van der Waals surface area contributed by atoms with Crippen molar-refractivity contribution in [1.82, 2.24) is 9.29 Å². The maximum absolute atomic E-state index is 14.2. The van der Waals surface area contributed by atoms with Crippen molar-refractivity contribution >= 4 is 42.6 Å². The van der Waals surface area contributed by atoms with Crippen LogP contribution in [0.5, 0.6) is 0 Å². The molecule has 2 aromatic heterocycles. The standard InChI is InChI=1S/C23H20FN3O4S2/c1-26(16-9-10-16)33(29,30)18-11-7-15(8-12-18)22(28)27(14-17-4-3-13-31-17)23-25-21-19(24)5-2-6-20(21)32-23/h2-8,11-13,16H,9-10,14H2,1H3. The number of fused-ring (bicyclic) bond motifs is 1. The molecule has 0 atom stereocenters. The second kappa shape index (κ2) is 8.36. The number of sulfonamides is 1. The van der Waals surface area contributed by atoms with Crippen LogP contribution in [0.1, 0.15) is 29.0 Å². The first kappa shape index (κ1) is 21.7. The van der Waals surface area contributed by atoms with Gasteiger partial charge in [0.2, 0.25) is 10.0 Å². The molecule has 2 heterocycles. The molecule has 10 heteroatoms. The number of amides is 1. The number of aromatic nitrogens is 1. The molecule has 0 bridgehead atoms. The van der Waals surface area contributed by atoms with Gasteiger partial charge in [0.1, 0.15) is 17.1 Å². The number of hydrogen-bond donors (Lipinski definition) is 0. The molecule has 0 aliphatic heterocycles. The number of furan rings is 1. The molecule has 1 aliphatic carbocycles. The van der Waals surface area contributed by atoms with E-state index in [-0.39, 0.29) is 28.6 Å². The second-order valence-corrected chi connectivity index (χ2v) is 10.8. The molecule has 4 aromatic rings. The Bertz CT molecular complexity index is 1410. The lowest BCUT2D eigenvalue weighted by Crippen LogP contribution is -2.31. The van der Waals surface area contributed by atoms with E-state index in [2.05, 4.69) is 4.98 Å². The van der Waals surface area contributed by atoms with Crippen LogP contribution in [0, 0.1) is 5.82 Å². The minimum Gasteiger partial charge on any atom is -0.467 e. The summed E-state index contributed by atoms with van der Waals surface area (Å²) in [6, 6.07) is 14.0. The van der Waals surface area contributed by atoms with Crippen molar-refractivity contribution in [3.8, 4) is 0 Å². The monoisotopic (exact) mass is 485 g/mol. The minimum atomic E-state index is -3.61. The average molecular weight is 486 g/mol. The molecule has 5 rings (SSSR count). The van der Waals surface area contributed by atoms with Crippen molar-refractivity contribution in [2.75, 3.05) is 11.9 Å². The largest absolute Gasteiger partial charge is 0.467 e. The van der Waals surface area contributed by atoms with Crippen LogP contribution in [0.3, 0.4) is 0 Å². The van der Waals surface area contributed by atoms with E-state index in [1.807, 2.05) is 0 Å². The maximum atomic E-state index is 14.2. The summed E-state index contributed by atoms with van der Waals surface area (Å²) in [6.07, 6.45) is 3.22. The highest BCUT2D eigenvalue weighted by atomic mass is 32.2. The third kappa shape index (κ3) is 4.17. The van der Waals surface area contributed by atoms with Crippen molar-refractivity contribution in [2.45, 2.75) is 30.3 Å².